The van der Waals surface area contributed by atoms with E-state index in [0.29, 0.717) is 0 Å². The van der Waals surface area contributed by atoms with Crippen molar-refractivity contribution in [1.82, 2.24) is 4.98 Å². The summed E-state index contributed by atoms with van der Waals surface area (Å²) in [6.45, 7) is 6.18. The van der Waals surface area contributed by atoms with Crippen molar-refractivity contribution in [3.05, 3.63) is 59.9 Å². The van der Waals surface area contributed by atoms with Crippen molar-refractivity contribution >= 4 is 0 Å². The normalized spacial score (nSPS) is 14.0. The average molecular weight is 284 g/mol. The van der Waals surface area contributed by atoms with Crippen LogP contribution in [0.15, 0.2) is 48.8 Å². The SMILES string of the molecule is CCC(c1ccccc1)C(N)c1cncc(OC(C)C)c1. The summed E-state index contributed by atoms with van der Waals surface area (Å²) >= 11 is 0. The Kier molecular flexibility index (Phi) is 5.34. The summed E-state index contributed by atoms with van der Waals surface area (Å²) in [6, 6.07) is 12.3. The van der Waals surface area contributed by atoms with Crippen LogP contribution < -0.4 is 10.5 Å². The van der Waals surface area contributed by atoms with Crippen LogP contribution in [0.25, 0.3) is 0 Å². The molecule has 0 aliphatic carbocycles. The largest absolute Gasteiger partial charge is 0.489 e. The van der Waals surface area contributed by atoms with Gasteiger partial charge in [-0.1, -0.05) is 37.3 Å². The van der Waals surface area contributed by atoms with Gasteiger partial charge in [0.25, 0.3) is 0 Å². The van der Waals surface area contributed by atoms with E-state index in [2.05, 4.69) is 36.2 Å². The maximum absolute atomic E-state index is 6.49. The fourth-order valence-corrected chi connectivity index (χ4v) is 2.58. The third kappa shape index (κ3) is 4.05. The molecule has 0 saturated heterocycles. The Morgan fingerprint density at radius 3 is 2.43 bits per heavy atom. The molecule has 3 heteroatoms. The second kappa shape index (κ2) is 7.23. The van der Waals surface area contributed by atoms with Crippen LogP contribution in [0.5, 0.6) is 5.75 Å². The lowest BCUT2D eigenvalue weighted by atomic mass is 9.86. The van der Waals surface area contributed by atoms with E-state index in [1.807, 2.05) is 32.2 Å². The summed E-state index contributed by atoms with van der Waals surface area (Å²) in [5.41, 5.74) is 8.77. The van der Waals surface area contributed by atoms with Gasteiger partial charge in [0, 0.05) is 18.2 Å². The highest BCUT2D eigenvalue weighted by Crippen LogP contribution is 2.32. The number of nitrogens with zero attached hydrogens (tertiary/aromatic N) is 1. The Balaban J connectivity index is 2.23. The van der Waals surface area contributed by atoms with Crippen LogP contribution in [0.1, 0.15) is 50.3 Å². The molecule has 0 aliphatic heterocycles. The molecule has 0 aliphatic rings. The fourth-order valence-electron chi connectivity index (χ4n) is 2.58. The van der Waals surface area contributed by atoms with Gasteiger partial charge in [-0.15, -0.1) is 0 Å². The molecule has 1 heterocycles. The predicted octanol–water partition coefficient (Wildman–Crippen LogP) is 4.06. The second-order valence-electron chi connectivity index (χ2n) is 5.57. The maximum atomic E-state index is 6.49. The molecule has 0 spiro atoms. The van der Waals surface area contributed by atoms with Crippen LogP contribution in [0.4, 0.5) is 0 Å². The first kappa shape index (κ1) is 15.5. The minimum atomic E-state index is -0.0828. The van der Waals surface area contributed by atoms with Crippen LogP contribution in [0, 0.1) is 0 Å². The van der Waals surface area contributed by atoms with Gasteiger partial charge in [-0.25, -0.2) is 0 Å². The van der Waals surface area contributed by atoms with Crippen molar-refractivity contribution in [3.8, 4) is 5.75 Å². The van der Waals surface area contributed by atoms with Crippen molar-refractivity contribution in [2.75, 3.05) is 0 Å². The van der Waals surface area contributed by atoms with E-state index in [-0.39, 0.29) is 18.1 Å². The van der Waals surface area contributed by atoms with Gasteiger partial charge in [0.2, 0.25) is 0 Å². The summed E-state index contributed by atoms with van der Waals surface area (Å²) in [7, 11) is 0. The third-order valence-corrected chi connectivity index (χ3v) is 3.59. The highest BCUT2D eigenvalue weighted by atomic mass is 16.5. The highest BCUT2D eigenvalue weighted by molar-refractivity contribution is 5.30. The number of rotatable bonds is 6. The van der Waals surface area contributed by atoms with E-state index < -0.39 is 0 Å². The van der Waals surface area contributed by atoms with Crippen LogP contribution in [-0.2, 0) is 0 Å². The van der Waals surface area contributed by atoms with Crippen LogP contribution in [0.2, 0.25) is 0 Å². The number of aromatic nitrogens is 1. The molecule has 0 fully saturated rings. The van der Waals surface area contributed by atoms with E-state index >= 15 is 0 Å². The molecule has 0 radical (unpaired) electrons. The monoisotopic (exact) mass is 284 g/mol. The zero-order chi connectivity index (χ0) is 15.2. The van der Waals surface area contributed by atoms with Crippen molar-refractivity contribution in [2.45, 2.75) is 45.3 Å². The van der Waals surface area contributed by atoms with E-state index in [0.717, 1.165) is 17.7 Å². The van der Waals surface area contributed by atoms with Gasteiger partial charge < -0.3 is 10.5 Å². The van der Waals surface area contributed by atoms with Crippen molar-refractivity contribution in [1.29, 1.82) is 0 Å². The lowest BCUT2D eigenvalue weighted by molar-refractivity contribution is 0.241. The first-order valence-electron chi connectivity index (χ1n) is 7.54. The topological polar surface area (TPSA) is 48.1 Å². The Morgan fingerprint density at radius 1 is 1.10 bits per heavy atom. The number of benzene rings is 1. The van der Waals surface area contributed by atoms with Crippen LogP contribution >= 0.6 is 0 Å². The third-order valence-electron chi connectivity index (χ3n) is 3.59. The molecule has 112 valence electrons. The lowest BCUT2D eigenvalue weighted by Gasteiger charge is -2.24. The Hall–Kier alpha value is -1.87. The average Bonchev–Trinajstić information content (AvgIpc) is 2.48. The fraction of sp³-hybridized carbons (Fsp3) is 0.389. The standard InChI is InChI=1S/C18H24N2O/c1-4-17(14-8-6-5-7-9-14)18(19)15-10-16(12-20-11-15)21-13(2)3/h5-13,17-18H,4,19H2,1-3H3. The maximum Gasteiger partial charge on any atom is 0.138 e. The Morgan fingerprint density at radius 2 is 1.81 bits per heavy atom. The summed E-state index contributed by atoms with van der Waals surface area (Å²) in [5.74, 6) is 1.06. The lowest BCUT2D eigenvalue weighted by Crippen LogP contribution is -2.20. The van der Waals surface area contributed by atoms with E-state index in [1.54, 1.807) is 6.20 Å². The minimum Gasteiger partial charge on any atom is -0.489 e. The number of ether oxygens (including phenoxy) is 1. The summed E-state index contributed by atoms with van der Waals surface area (Å²) in [4.78, 5) is 4.26. The molecule has 2 N–H and O–H groups in total. The minimum absolute atomic E-state index is 0.0828. The Labute approximate surface area is 127 Å². The zero-order valence-corrected chi connectivity index (χ0v) is 13.0. The molecule has 0 saturated carbocycles. The van der Waals surface area contributed by atoms with Gasteiger partial charge in [-0.3, -0.25) is 4.98 Å². The second-order valence-corrected chi connectivity index (χ2v) is 5.57. The molecule has 2 unspecified atom stereocenters. The zero-order valence-electron chi connectivity index (χ0n) is 13.0. The molecule has 3 nitrogen and oxygen atoms in total. The quantitative estimate of drug-likeness (QED) is 0.870. The molecule has 1 aromatic carbocycles. The van der Waals surface area contributed by atoms with Gasteiger partial charge in [0.1, 0.15) is 5.75 Å². The molecule has 0 amide bonds. The van der Waals surface area contributed by atoms with E-state index in [1.165, 1.54) is 5.56 Å². The number of hydrogen-bond acceptors (Lipinski definition) is 3. The smallest absolute Gasteiger partial charge is 0.138 e. The van der Waals surface area contributed by atoms with Gasteiger partial charge in [0.15, 0.2) is 0 Å². The number of nitrogens with two attached hydrogens (primary N) is 1. The molecule has 0 bridgehead atoms. The van der Waals surface area contributed by atoms with Gasteiger partial charge in [-0.2, -0.15) is 0 Å². The number of pyridine rings is 1. The summed E-state index contributed by atoms with van der Waals surface area (Å²) in [6.07, 6.45) is 4.69. The highest BCUT2D eigenvalue weighted by Gasteiger charge is 2.20. The molecular formula is C18H24N2O. The first-order chi connectivity index (χ1) is 10.1. The van der Waals surface area contributed by atoms with Gasteiger partial charge >= 0.3 is 0 Å². The van der Waals surface area contributed by atoms with Gasteiger partial charge in [0.05, 0.1) is 12.3 Å². The molecule has 1 aromatic heterocycles. The summed E-state index contributed by atoms with van der Waals surface area (Å²) < 4.78 is 5.71. The summed E-state index contributed by atoms with van der Waals surface area (Å²) in [5, 5.41) is 0. The van der Waals surface area contributed by atoms with Gasteiger partial charge in [-0.05, 0) is 37.5 Å². The molecule has 2 aromatic rings. The predicted molar refractivity (Wildman–Crippen MR) is 86.4 cm³/mol. The van der Waals surface area contributed by atoms with E-state index in [4.69, 9.17) is 10.5 Å². The van der Waals surface area contributed by atoms with Crippen LogP contribution in [0.3, 0.4) is 0 Å². The molecule has 21 heavy (non-hydrogen) atoms. The van der Waals surface area contributed by atoms with Crippen molar-refractivity contribution < 1.29 is 4.74 Å². The van der Waals surface area contributed by atoms with Crippen molar-refractivity contribution in [2.24, 2.45) is 5.73 Å². The molecule has 2 atom stereocenters. The first-order valence-corrected chi connectivity index (χ1v) is 7.54. The van der Waals surface area contributed by atoms with E-state index in [9.17, 15) is 0 Å². The van der Waals surface area contributed by atoms with Crippen LogP contribution in [-0.4, -0.2) is 11.1 Å². The van der Waals surface area contributed by atoms with Crippen molar-refractivity contribution in [3.63, 3.8) is 0 Å². The Bertz CT molecular complexity index is 554. The molecule has 2 rings (SSSR count). The number of hydrogen-bond donors (Lipinski definition) is 1. The molecular weight excluding hydrogens is 260 g/mol.